The lowest BCUT2D eigenvalue weighted by Gasteiger charge is -2.31. The number of likely N-dealkylation sites (tertiary alicyclic amines) is 1. The maximum atomic E-state index is 5.35. The Bertz CT molecular complexity index is 135. The van der Waals surface area contributed by atoms with Crippen molar-refractivity contribution in [3.8, 4) is 0 Å². The highest BCUT2D eigenvalue weighted by atomic mass is 79.9. The number of hydrogen-bond acceptors (Lipinski definition) is 2. The summed E-state index contributed by atoms with van der Waals surface area (Å²) in [5, 5.41) is 1.15. The minimum atomic E-state index is 0.522. The van der Waals surface area contributed by atoms with Gasteiger partial charge in [0.25, 0.3) is 0 Å². The van der Waals surface area contributed by atoms with E-state index in [4.69, 9.17) is 4.74 Å². The first-order valence-corrected chi connectivity index (χ1v) is 6.80. The van der Waals surface area contributed by atoms with Crippen LogP contribution in [-0.4, -0.2) is 43.1 Å². The number of ether oxygens (including phenoxy) is 1. The fourth-order valence-corrected chi connectivity index (χ4v) is 2.37. The van der Waals surface area contributed by atoms with E-state index >= 15 is 0 Å². The fourth-order valence-electron chi connectivity index (χ4n) is 1.98. The lowest BCUT2D eigenvalue weighted by atomic mass is 10.1. The van der Waals surface area contributed by atoms with Gasteiger partial charge in [0.05, 0.1) is 6.10 Å². The van der Waals surface area contributed by atoms with E-state index in [0.717, 1.165) is 5.33 Å². The second kappa shape index (κ2) is 7.66. The van der Waals surface area contributed by atoms with Crippen LogP contribution in [-0.2, 0) is 4.74 Å². The Morgan fingerprint density at radius 1 is 1.21 bits per heavy atom. The first kappa shape index (κ1) is 12.5. The Hall–Kier alpha value is 0.400. The van der Waals surface area contributed by atoms with E-state index in [2.05, 4.69) is 20.8 Å². The van der Waals surface area contributed by atoms with Crippen molar-refractivity contribution >= 4 is 15.9 Å². The second-order valence-electron chi connectivity index (χ2n) is 4.03. The molecule has 0 aromatic carbocycles. The summed E-state index contributed by atoms with van der Waals surface area (Å²) in [4.78, 5) is 2.57. The monoisotopic (exact) mass is 263 g/mol. The molecule has 1 aliphatic rings. The predicted octanol–water partition coefficient (Wildman–Crippen LogP) is 2.66. The van der Waals surface area contributed by atoms with Crippen molar-refractivity contribution in [3.05, 3.63) is 0 Å². The first-order chi connectivity index (χ1) is 6.86. The van der Waals surface area contributed by atoms with E-state index < -0.39 is 0 Å². The van der Waals surface area contributed by atoms with E-state index in [1.54, 1.807) is 0 Å². The van der Waals surface area contributed by atoms with Gasteiger partial charge in [-0.3, -0.25) is 0 Å². The third kappa shape index (κ3) is 4.76. The second-order valence-corrected chi connectivity index (χ2v) is 4.82. The Kier molecular flexibility index (Phi) is 6.82. The van der Waals surface area contributed by atoms with Gasteiger partial charge in [0.1, 0.15) is 0 Å². The zero-order valence-corrected chi connectivity index (χ0v) is 10.8. The van der Waals surface area contributed by atoms with Gasteiger partial charge in [0.2, 0.25) is 0 Å². The summed E-state index contributed by atoms with van der Waals surface area (Å²) in [5.41, 5.74) is 0. The summed E-state index contributed by atoms with van der Waals surface area (Å²) in [7, 11) is 1.83. The summed E-state index contributed by atoms with van der Waals surface area (Å²) < 4.78 is 5.35. The molecule has 0 aliphatic carbocycles. The number of alkyl halides is 1. The van der Waals surface area contributed by atoms with Crippen LogP contribution in [0.5, 0.6) is 0 Å². The lowest BCUT2D eigenvalue weighted by molar-refractivity contribution is 0.0407. The molecule has 0 aromatic heterocycles. The van der Waals surface area contributed by atoms with Crippen LogP contribution >= 0.6 is 15.9 Å². The Labute approximate surface area is 96.1 Å². The van der Waals surface area contributed by atoms with E-state index in [1.165, 1.54) is 51.7 Å². The van der Waals surface area contributed by atoms with Crippen molar-refractivity contribution < 1.29 is 4.74 Å². The summed E-state index contributed by atoms with van der Waals surface area (Å²) in [6, 6.07) is 0. The average Bonchev–Trinajstić information content (AvgIpc) is 2.25. The van der Waals surface area contributed by atoms with E-state index in [0.29, 0.717) is 6.10 Å². The molecule has 0 N–H and O–H groups in total. The zero-order valence-electron chi connectivity index (χ0n) is 9.17. The number of unbranched alkanes of at least 4 members (excludes halogenated alkanes) is 2. The lowest BCUT2D eigenvalue weighted by Crippen LogP contribution is -2.37. The van der Waals surface area contributed by atoms with Gasteiger partial charge in [-0.25, -0.2) is 0 Å². The number of hydrogen-bond donors (Lipinski definition) is 0. The van der Waals surface area contributed by atoms with Gasteiger partial charge < -0.3 is 9.64 Å². The van der Waals surface area contributed by atoms with Gasteiger partial charge >= 0.3 is 0 Å². The van der Waals surface area contributed by atoms with Crippen LogP contribution in [0.15, 0.2) is 0 Å². The minimum Gasteiger partial charge on any atom is -0.381 e. The van der Waals surface area contributed by atoms with Gasteiger partial charge in [0, 0.05) is 25.5 Å². The van der Waals surface area contributed by atoms with E-state index in [1.807, 2.05) is 7.11 Å². The van der Waals surface area contributed by atoms with Crippen molar-refractivity contribution in [2.45, 2.75) is 38.2 Å². The Balaban J connectivity index is 1.98. The highest BCUT2D eigenvalue weighted by molar-refractivity contribution is 9.09. The molecule has 0 atom stereocenters. The van der Waals surface area contributed by atoms with Crippen LogP contribution < -0.4 is 0 Å². The normalized spacial score (nSPS) is 20.1. The van der Waals surface area contributed by atoms with E-state index in [-0.39, 0.29) is 0 Å². The molecule has 2 nitrogen and oxygen atoms in total. The fraction of sp³-hybridized carbons (Fsp3) is 1.00. The van der Waals surface area contributed by atoms with Crippen LogP contribution in [0, 0.1) is 0 Å². The first-order valence-electron chi connectivity index (χ1n) is 5.68. The largest absolute Gasteiger partial charge is 0.381 e. The van der Waals surface area contributed by atoms with Crippen LogP contribution in [0.4, 0.5) is 0 Å². The smallest absolute Gasteiger partial charge is 0.0595 e. The molecule has 84 valence electrons. The number of piperidine rings is 1. The molecule has 14 heavy (non-hydrogen) atoms. The molecule has 1 rings (SSSR count). The molecule has 0 unspecified atom stereocenters. The molecule has 1 aliphatic heterocycles. The third-order valence-corrected chi connectivity index (χ3v) is 3.54. The standard InChI is InChI=1S/C11H22BrNO/c1-14-11-5-9-13(10-6-11)8-4-2-3-7-12/h11H,2-10H2,1H3. The maximum absolute atomic E-state index is 5.35. The SMILES string of the molecule is COC1CCN(CCCCCBr)CC1. The molecule has 0 amide bonds. The molecule has 3 heteroatoms. The predicted molar refractivity (Wildman–Crippen MR) is 64.1 cm³/mol. The summed E-state index contributed by atoms with van der Waals surface area (Å²) in [5.74, 6) is 0. The van der Waals surface area contributed by atoms with Crippen LogP contribution in [0.25, 0.3) is 0 Å². The summed E-state index contributed by atoms with van der Waals surface area (Å²) in [6.45, 7) is 3.74. The Morgan fingerprint density at radius 2 is 1.93 bits per heavy atom. The molecule has 0 radical (unpaired) electrons. The van der Waals surface area contributed by atoms with Gasteiger partial charge in [-0.05, 0) is 32.2 Å². The van der Waals surface area contributed by atoms with Crippen LogP contribution in [0.1, 0.15) is 32.1 Å². The van der Waals surface area contributed by atoms with Gasteiger partial charge in [-0.2, -0.15) is 0 Å². The van der Waals surface area contributed by atoms with Crippen LogP contribution in [0.2, 0.25) is 0 Å². The molecular formula is C11H22BrNO. The molecule has 0 bridgehead atoms. The van der Waals surface area contributed by atoms with Crippen LogP contribution in [0.3, 0.4) is 0 Å². The Morgan fingerprint density at radius 3 is 2.50 bits per heavy atom. The van der Waals surface area contributed by atoms with Gasteiger partial charge in [-0.15, -0.1) is 0 Å². The highest BCUT2D eigenvalue weighted by Gasteiger charge is 2.17. The number of nitrogens with zero attached hydrogens (tertiary/aromatic N) is 1. The zero-order chi connectivity index (χ0) is 10.2. The molecule has 1 heterocycles. The molecule has 1 fully saturated rings. The van der Waals surface area contributed by atoms with Crippen molar-refractivity contribution in [1.82, 2.24) is 4.90 Å². The maximum Gasteiger partial charge on any atom is 0.0595 e. The number of halogens is 1. The molecule has 0 spiro atoms. The van der Waals surface area contributed by atoms with Crippen molar-refractivity contribution in [2.24, 2.45) is 0 Å². The molecule has 0 aromatic rings. The molecule has 0 saturated carbocycles. The number of methoxy groups -OCH3 is 1. The van der Waals surface area contributed by atoms with Gasteiger partial charge in [-0.1, -0.05) is 22.4 Å². The minimum absolute atomic E-state index is 0.522. The van der Waals surface area contributed by atoms with Crippen molar-refractivity contribution in [1.29, 1.82) is 0 Å². The molecular weight excluding hydrogens is 242 g/mol. The third-order valence-electron chi connectivity index (χ3n) is 2.98. The topological polar surface area (TPSA) is 12.5 Å². The summed E-state index contributed by atoms with van der Waals surface area (Å²) >= 11 is 3.46. The van der Waals surface area contributed by atoms with Crippen molar-refractivity contribution in [3.63, 3.8) is 0 Å². The highest BCUT2D eigenvalue weighted by Crippen LogP contribution is 2.13. The van der Waals surface area contributed by atoms with Gasteiger partial charge in [0.15, 0.2) is 0 Å². The quantitative estimate of drug-likeness (QED) is 0.540. The van der Waals surface area contributed by atoms with E-state index in [9.17, 15) is 0 Å². The molecule has 1 saturated heterocycles. The summed E-state index contributed by atoms with van der Waals surface area (Å²) in [6.07, 6.45) is 6.98. The van der Waals surface area contributed by atoms with Crippen molar-refractivity contribution in [2.75, 3.05) is 32.1 Å². The number of rotatable bonds is 6. The average molecular weight is 264 g/mol.